The molecule has 2 atom stereocenters. The molecule has 0 radical (unpaired) electrons. The lowest BCUT2D eigenvalue weighted by Gasteiger charge is -2.35. The first-order chi connectivity index (χ1) is 8.56. The maximum absolute atomic E-state index is 10.6. The van der Waals surface area contributed by atoms with Crippen molar-refractivity contribution in [3.63, 3.8) is 0 Å². The molecule has 116 valence electrons. The number of aliphatic hydroxyl groups excluding tert-OH is 4. The summed E-state index contributed by atoms with van der Waals surface area (Å²) in [6.45, 7) is 2.75. The first-order valence-corrected chi connectivity index (χ1v) is 7.38. The molecule has 0 saturated carbocycles. The predicted octanol–water partition coefficient (Wildman–Crippen LogP) is -1.74. The van der Waals surface area contributed by atoms with Gasteiger partial charge in [0.15, 0.2) is 5.44 Å². The van der Waals surface area contributed by atoms with Gasteiger partial charge in [-0.3, -0.25) is 9.87 Å². The summed E-state index contributed by atoms with van der Waals surface area (Å²) in [5.74, 6) is 0.102. The van der Waals surface area contributed by atoms with Crippen molar-refractivity contribution in [2.45, 2.75) is 43.9 Å². The summed E-state index contributed by atoms with van der Waals surface area (Å²) in [5, 5.41) is 39.8. The van der Waals surface area contributed by atoms with Gasteiger partial charge in [0, 0.05) is 6.42 Å². The minimum Gasteiger partial charge on any atom is -0.394 e. The molecular weight excluding hydrogens is 278 g/mol. The van der Waals surface area contributed by atoms with Crippen LogP contribution < -0.4 is 5.32 Å². The van der Waals surface area contributed by atoms with E-state index >= 15 is 0 Å². The highest BCUT2D eigenvalue weighted by molar-refractivity contribution is 7.86. The van der Waals surface area contributed by atoms with Crippen LogP contribution in [-0.4, -0.2) is 63.8 Å². The fourth-order valence-corrected chi connectivity index (χ4v) is 2.26. The fraction of sp³-hybridized carbons (Fsp3) is 1.00. The number of nitrogens with one attached hydrogen (secondary N) is 1. The lowest BCUT2D eigenvalue weighted by atomic mass is 9.90. The second-order valence-electron chi connectivity index (χ2n) is 5.06. The lowest BCUT2D eigenvalue weighted by Crippen LogP contribution is -2.57. The van der Waals surface area contributed by atoms with Crippen LogP contribution in [0.1, 0.15) is 26.7 Å². The molecule has 0 spiro atoms. The summed E-state index contributed by atoms with van der Waals surface area (Å²) < 4.78 is 29.8. The Morgan fingerprint density at radius 2 is 1.63 bits per heavy atom. The third kappa shape index (κ3) is 6.61. The topological polar surface area (TPSA) is 147 Å². The fourth-order valence-electron chi connectivity index (χ4n) is 1.84. The molecule has 0 rings (SSSR count). The van der Waals surface area contributed by atoms with Crippen molar-refractivity contribution < 1.29 is 33.4 Å². The van der Waals surface area contributed by atoms with Crippen molar-refractivity contribution in [3.8, 4) is 0 Å². The van der Waals surface area contributed by atoms with Gasteiger partial charge in [-0.25, -0.2) is 0 Å². The van der Waals surface area contributed by atoms with Crippen LogP contribution in [0.5, 0.6) is 0 Å². The summed E-state index contributed by atoms with van der Waals surface area (Å²) in [7, 11) is -4.66. The molecule has 0 aliphatic carbocycles. The Balaban J connectivity index is 4.68. The monoisotopic (exact) mass is 301 g/mol. The highest BCUT2D eigenvalue weighted by atomic mass is 32.2. The van der Waals surface area contributed by atoms with E-state index in [4.69, 9.17) is 9.66 Å². The Kier molecular flexibility index (Phi) is 7.37. The summed E-state index contributed by atoms with van der Waals surface area (Å²) in [5.41, 5.74) is -3.32. The highest BCUT2D eigenvalue weighted by Crippen LogP contribution is 2.18. The zero-order valence-corrected chi connectivity index (χ0v) is 11.8. The van der Waals surface area contributed by atoms with Gasteiger partial charge in [-0.05, 0) is 12.3 Å². The molecular formula is C10H23NO7S. The van der Waals surface area contributed by atoms with Crippen LogP contribution in [0.4, 0.5) is 0 Å². The molecule has 0 aliphatic heterocycles. The maximum Gasteiger partial charge on any atom is 0.292 e. The van der Waals surface area contributed by atoms with Gasteiger partial charge in [-0.15, -0.1) is 0 Å². The van der Waals surface area contributed by atoms with Crippen LogP contribution in [-0.2, 0) is 10.1 Å². The van der Waals surface area contributed by atoms with E-state index in [1.165, 1.54) is 0 Å². The minimum absolute atomic E-state index is 0.102. The average Bonchev–Trinajstić information content (AvgIpc) is 2.25. The zero-order chi connectivity index (χ0) is 15.3. The third-order valence-electron chi connectivity index (χ3n) is 2.65. The van der Waals surface area contributed by atoms with Gasteiger partial charge in [0.25, 0.3) is 10.1 Å². The average molecular weight is 301 g/mol. The highest BCUT2D eigenvalue weighted by Gasteiger charge is 2.33. The van der Waals surface area contributed by atoms with Crippen molar-refractivity contribution in [1.29, 1.82) is 0 Å². The molecule has 0 fully saturated rings. The quantitative estimate of drug-likeness (QED) is 0.217. The molecule has 6 N–H and O–H groups in total. The third-order valence-corrected chi connectivity index (χ3v) is 3.53. The van der Waals surface area contributed by atoms with Gasteiger partial charge in [-0.2, -0.15) is 8.42 Å². The van der Waals surface area contributed by atoms with Crippen LogP contribution in [0.15, 0.2) is 0 Å². The normalized spacial score (nSPS) is 16.6. The molecule has 0 aromatic carbocycles. The lowest BCUT2D eigenvalue weighted by molar-refractivity contribution is 0.00146. The van der Waals surface area contributed by atoms with Crippen molar-refractivity contribution in [1.82, 2.24) is 5.32 Å². The summed E-state index contributed by atoms with van der Waals surface area (Å²) in [4.78, 5) is 0. The van der Waals surface area contributed by atoms with E-state index < -0.39 is 47.0 Å². The second-order valence-corrected chi connectivity index (χ2v) is 6.63. The molecule has 19 heavy (non-hydrogen) atoms. The van der Waals surface area contributed by atoms with Gasteiger partial charge in [0.1, 0.15) is 6.23 Å². The van der Waals surface area contributed by atoms with E-state index in [1.807, 2.05) is 13.8 Å². The van der Waals surface area contributed by atoms with E-state index in [0.717, 1.165) is 0 Å². The van der Waals surface area contributed by atoms with Gasteiger partial charge < -0.3 is 20.4 Å². The Morgan fingerprint density at radius 1 is 1.16 bits per heavy atom. The molecule has 9 heteroatoms. The Labute approximate surface area is 112 Å². The van der Waals surface area contributed by atoms with Crippen LogP contribution >= 0.6 is 0 Å². The first kappa shape index (κ1) is 18.7. The molecule has 8 nitrogen and oxygen atoms in total. The van der Waals surface area contributed by atoms with Crippen molar-refractivity contribution in [3.05, 3.63) is 0 Å². The van der Waals surface area contributed by atoms with Crippen LogP contribution in [0.25, 0.3) is 0 Å². The molecule has 0 bridgehead atoms. The standard InChI is InChI=1S/C10H23NO7S/c1-7(2)4-10(5-12,6-13)11-8(14)3-9(15)19(16,17)18/h7-9,11-15H,3-6H2,1-2H3,(H,16,17,18). The van der Waals surface area contributed by atoms with Gasteiger partial charge in [0.2, 0.25) is 0 Å². The number of hydrogen-bond donors (Lipinski definition) is 6. The van der Waals surface area contributed by atoms with Gasteiger partial charge in [-0.1, -0.05) is 13.8 Å². The van der Waals surface area contributed by atoms with Crippen LogP contribution in [0, 0.1) is 5.92 Å². The SMILES string of the molecule is CC(C)CC(CO)(CO)NC(O)CC(O)S(=O)(=O)O. The minimum atomic E-state index is -4.66. The largest absolute Gasteiger partial charge is 0.394 e. The molecule has 0 aromatic rings. The predicted molar refractivity (Wildman–Crippen MR) is 67.7 cm³/mol. The van der Waals surface area contributed by atoms with Crippen LogP contribution in [0.2, 0.25) is 0 Å². The molecule has 0 aromatic heterocycles. The smallest absolute Gasteiger partial charge is 0.292 e. The van der Waals surface area contributed by atoms with E-state index in [2.05, 4.69) is 5.32 Å². The van der Waals surface area contributed by atoms with E-state index in [0.29, 0.717) is 6.42 Å². The number of aliphatic hydroxyl groups is 4. The number of rotatable bonds is 9. The molecule has 0 heterocycles. The Morgan fingerprint density at radius 3 is 1.95 bits per heavy atom. The molecule has 0 amide bonds. The van der Waals surface area contributed by atoms with Gasteiger partial charge in [0.05, 0.1) is 18.8 Å². The second kappa shape index (κ2) is 7.48. The maximum atomic E-state index is 10.6. The molecule has 0 aliphatic rings. The summed E-state index contributed by atoms with van der Waals surface area (Å²) >= 11 is 0. The Bertz CT molecular complexity index is 353. The van der Waals surface area contributed by atoms with E-state index in [-0.39, 0.29) is 5.92 Å². The van der Waals surface area contributed by atoms with E-state index in [9.17, 15) is 23.7 Å². The van der Waals surface area contributed by atoms with Crippen molar-refractivity contribution in [2.24, 2.45) is 5.92 Å². The van der Waals surface area contributed by atoms with E-state index in [1.54, 1.807) is 0 Å². The first-order valence-electron chi connectivity index (χ1n) is 5.88. The van der Waals surface area contributed by atoms with Crippen molar-refractivity contribution in [2.75, 3.05) is 13.2 Å². The molecule has 2 unspecified atom stereocenters. The summed E-state index contributed by atoms with van der Waals surface area (Å²) in [6, 6.07) is 0. The van der Waals surface area contributed by atoms with Crippen molar-refractivity contribution >= 4 is 10.1 Å². The Hall–Kier alpha value is -0.290. The molecule has 0 saturated heterocycles. The number of hydrogen-bond acceptors (Lipinski definition) is 7. The summed E-state index contributed by atoms with van der Waals surface area (Å²) in [6.07, 6.45) is -1.85. The zero-order valence-electron chi connectivity index (χ0n) is 11.0. The van der Waals surface area contributed by atoms with Crippen LogP contribution in [0.3, 0.4) is 0 Å². The van der Waals surface area contributed by atoms with Gasteiger partial charge >= 0.3 is 0 Å².